The van der Waals surface area contributed by atoms with Gasteiger partial charge in [0.1, 0.15) is 4.90 Å². The minimum atomic E-state index is -3.53. The van der Waals surface area contributed by atoms with Crippen LogP contribution in [0.2, 0.25) is 0 Å². The Morgan fingerprint density at radius 1 is 1.44 bits per heavy atom. The van der Waals surface area contributed by atoms with Crippen molar-refractivity contribution < 1.29 is 13.2 Å². The quantitative estimate of drug-likeness (QED) is 0.688. The molecule has 6 nitrogen and oxygen atoms in total. The molecular formula is C11H17N3O3S. The van der Waals surface area contributed by atoms with Gasteiger partial charge in [0.2, 0.25) is 10.0 Å². The van der Waals surface area contributed by atoms with Gasteiger partial charge >= 0.3 is 0 Å². The highest BCUT2D eigenvalue weighted by molar-refractivity contribution is 7.89. The minimum absolute atomic E-state index is 0.138. The lowest BCUT2D eigenvalue weighted by molar-refractivity contribution is 0.195. The Morgan fingerprint density at radius 3 is 2.83 bits per heavy atom. The van der Waals surface area contributed by atoms with Gasteiger partial charge in [0, 0.05) is 12.3 Å². The number of hydrogen-bond acceptors (Lipinski definition) is 5. The molecule has 0 radical (unpaired) electrons. The minimum Gasteiger partial charge on any atom is -0.399 e. The van der Waals surface area contributed by atoms with E-state index in [1.54, 1.807) is 12.1 Å². The number of rotatable bonds is 4. The third-order valence-electron chi connectivity index (χ3n) is 2.85. The highest BCUT2D eigenvalue weighted by Crippen LogP contribution is 2.25. The van der Waals surface area contributed by atoms with Gasteiger partial charge in [-0.05, 0) is 31.7 Å². The van der Waals surface area contributed by atoms with E-state index in [-0.39, 0.29) is 10.9 Å². The Labute approximate surface area is 107 Å². The first kappa shape index (κ1) is 13.1. The molecule has 2 rings (SSSR count). The SMILES string of the molecule is CNS(=O)(=O)c1cc(N)ccc1NC1CCOC1. The molecule has 1 aromatic carbocycles. The number of hydrogen-bond donors (Lipinski definition) is 3. The van der Waals surface area contributed by atoms with Crippen LogP contribution >= 0.6 is 0 Å². The lowest BCUT2D eigenvalue weighted by Gasteiger charge is -2.16. The fourth-order valence-electron chi connectivity index (χ4n) is 1.86. The smallest absolute Gasteiger partial charge is 0.242 e. The molecule has 1 aliphatic heterocycles. The van der Waals surface area contributed by atoms with Crippen LogP contribution in [0, 0.1) is 0 Å². The summed E-state index contributed by atoms with van der Waals surface area (Å²) in [6.07, 6.45) is 0.865. The largest absolute Gasteiger partial charge is 0.399 e. The summed E-state index contributed by atoms with van der Waals surface area (Å²) >= 11 is 0. The highest BCUT2D eigenvalue weighted by Gasteiger charge is 2.21. The van der Waals surface area contributed by atoms with Gasteiger partial charge in [-0.2, -0.15) is 0 Å². The molecule has 1 saturated heterocycles. The molecule has 7 heteroatoms. The Hall–Kier alpha value is -1.31. The van der Waals surface area contributed by atoms with Crippen molar-refractivity contribution in [1.82, 2.24) is 4.72 Å². The van der Waals surface area contributed by atoms with Gasteiger partial charge in [-0.3, -0.25) is 0 Å². The zero-order valence-electron chi connectivity index (χ0n) is 10.1. The summed E-state index contributed by atoms with van der Waals surface area (Å²) in [7, 11) is -2.15. The van der Waals surface area contributed by atoms with Crippen molar-refractivity contribution in [2.75, 3.05) is 31.3 Å². The van der Waals surface area contributed by atoms with E-state index >= 15 is 0 Å². The average molecular weight is 271 g/mol. The van der Waals surface area contributed by atoms with Crippen LogP contribution in [0.1, 0.15) is 6.42 Å². The first-order valence-electron chi connectivity index (χ1n) is 5.70. The van der Waals surface area contributed by atoms with E-state index in [0.29, 0.717) is 24.6 Å². The fourth-order valence-corrected chi connectivity index (χ4v) is 2.79. The van der Waals surface area contributed by atoms with Gasteiger partial charge in [-0.25, -0.2) is 13.1 Å². The van der Waals surface area contributed by atoms with Gasteiger partial charge in [0.25, 0.3) is 0 Å². The molecule has 1 unspecified atom stereocenters. The lowest BCUT2D eigenvalue weighted by atomic mass is 10.2. The van der Waals surface area contributed by atoms with Crippen LogP contribution < -0.4 is 15.8 Å². The van der Waals surface area contributed by atoms with Crippen molar-refractivity contribution in [2.45, 2.75) is 17.4 Å². The number of nitrogens with two attached hydrogens (primary N) is 1. The number of benzene rings is 1. The van der Waals surface area contributed by atoms with Crippen molar-refractivity contribution >= 4 is 21.4 Å². The van der Waals surface area contributed by atoms with Crippen LogP contribution in [0.4, 0.5) is 11.4 Å². The average Bonchev–Trinajstić information content (AvgIpc) is 2.84. The summed E-state index contributed by atoms with van der Waals surface area (Å²) in [5.41, 5.74) is 6.61. The maximum absolute atomic E-state index is 11.9. The summed E-state index contributed by atoms with van der Waals surface area (Å²) < 4.78 is 31.4. The maximum Gasteiger partial charge on any atom is 0.242 e. The number of ether oxygens (including phenoxy) is 1. The third kappa shape index (κ3) is 2.74. The first-order chi connectivity index (χ1) is 8.53. The number of anilines is 2. The van der Waals surface area contributed by atoms with Crippen LogP contribution in [0.25, 0.3) is 0 Å². The normalized spacial score (nSPS) is 19.9. The topological polar surface area (TPSA) is 93.5 Å². The molecule has 1 aliphatic rings. The van der Waals surface area contributed by atoms with Crippen molar-refractivity contribution in [1.29, 1.82) is 0 Å². The van der Waals surface area contributed by atoms with E-state index in [2.05, 4.69) is 10.0 Å². The monoisotopic (exact) mass is 271 g/mol. The van der Waals surface area contributed by atoms with E-state index in [1.165, 1.54) is 13.1 Å². The molecule has 0 aromatic heterocycles. The van der Waals surface area contributed by atoms with Crippen LogP contribution in [-0.2, 0) is 14.8 Å². The predicted octanol–water partition coefficient (Wildman–Crippen LogP) is 0.378. The molecule has 18 heavy (non-hydrogen) atoms. The second-order valence-electron chi connectivity index (χ2n) is 4.17. The Kier molecular flexibility index (Phi) is 3.74. The van der Waals surface area contributed by atoms with E-state index < -0.39 is 10.0 Å². The number of nitrogen functional groups attached to an aromatic ring is 1. The molecule has 100 valence electrons. The molecule has 0 spiro atoms. The summed E-state index contributed by atoms with van der Waals surface area (Å²) in [6.45, 7) is 1.28. The highest BCUT2D eigenvalue weighted by atomic mass is 32.2. The van der Waals surface area contributed by atoms with E-state index in [9.17, 15) is 8.42 Å². The first-order valence-corrected chi connectivity index (χ1v) is 7.18. The number of nitrogens with one attached hydrogen (secondary N) is 2. The Bertz CT molecular complexity index is 524. The summed E-state index contributed by atoms with van der Waals surface area (Å²) in [6, 6.07) is 4.94. The van der Waals surface area contributed by atoms with E-state index in [1.807, 2.05) is 0 Å². The standard InChI is InChI=1S/C11H17N3O3S/c1-13-18(15,16)11-6-8(12)2-3-10(11)14-9-4-5-17-7-9/h2-3,6,9,13-14H,4-5,7,12H2,1H3. The van der Waals surface area contributed by atoms with Crippen LogP contribution in [-0.4, -0.2) is 34.7 Å². The third-order valence-corrected chi connectivity index (χ3v) is 4.31. The molecule has 0 saturated carbocycles. The molecule has 0 aliphatic carbocycles. The van der Waals surface area contributed by atoms with Crippen LogP contribution in [0.15, 0.2) is 23.1 Å². The summed E-state index contributed by atoms with van der Waals surface area (Å²) in [5.74, 6) is 0. The van der Waals surface area contributed by atoms with Gasteiger partial charge in [-0.1, -0.05) is 0 Å². The second-order valence-corrected chi connectivity index (χ2v) is 6.02. The Morgan fingerprint density at radius 2 is 2.22 bits per heavy atom. The maximum atomic E-state index is 11.9. The van der Waals surface area contributed by atoms with E-state index in [0.717, 1.165) is 6.42 Å². The van der Waals surface area contributed by atoms with Gasteiger partial charge in [-0.15, -0.1) is 0 Å². The summed E-state index contributed by atoms with van der Waals surface area (Å²) in [4.78, 5) is 0.164. The van der Waals surface area contributed by atoms with Crippen LogP contribution in [0.3, 0.4) is 0 Å². The molecule has 0 bridgehead atoms. The molecular weight excluding hydrogens is 254 g/mol. The van der Waals surface area contributed by atoms with E-state index in [4.69, 9.17) is 10.5 Å². The lowest BCUT2D eigenvalue weighted by Crippen LogP contribution is -2.24. The van der Waals surface area contributed by atoms with Crippen molar-refractivity contribution in [2.24, 2.45) is 0 Å². The molecule has 0 amide bonds. The molecule has 1 fully saturated rings. The van der Waals surface area contributed by atoms with Gasteiger partial charge in [0.05, 0.1) is 18.3 Å². The predicted molar refractivity (Wildman–Crippen MR) is 69.9 cm³/mol. The van der Waals surface area contributed by atoms with Crippen molar-refractivity contribution in [3.63, 3.8) is 0 Å². The zero-order chi connectivity index (χ0) is 13.2. The van der Waals surface area contributed by atoms with Gasteiger partial charge in [0.15, 0.2) is 0 Å². The van der Waals surface area contributed by atoms with Crippen LogP contribution in [0.5, 0.6) is 0 Å². The Balaban J connectivity index is 2.34. The van der Waals surface area contributed by atoms with Crippen molar-refractivity contribution in [3.8, 4) is 0 Å². The zero-order valence-corrected chi connectivity index (χ0v) is 11.0. The number of sulfonamides is 1. The fraction of sp³-hybridized carbons (Fsp3) is 0.455. The molecule has 4 N–H and O–H groups in total. The molecule has 1 aromatic rings. The summed E-state index contributed by atoms with van der Waals surface area (Å²) in [5, 5.41) is 3.18. The molecule has 1 heterocycles. The van der Waals surface area contributed by atoms with Crippen molar-refractivity contribution in [3.05, 3.63) is 18.2 Å². The molecule has 1 atom stereocenters. The second kappa shape index (κ2) is 5.13. The van der Waals surface area contributed by atoms with Gasteiger partial charge < -0.3 is 15.8 Å².